The smallest absolute Gasteiger partial charge is 0.228 e. The van der Waals surface area contributed by atoms with E-state index in [9.17, 15) is 0 Å². The zero-order chi connectivity index (χ0) is 16.1. The van der Waals surface area contributed by atoms with Crippen LogP contribution in [0.15, 0.2) is 9.52 Å². The van der Waals surface area contributed by atoms with Gasteiger partial charge < -0.3 is 15.2 Å². The summed E-state index contributed by atoms with van der Waals surface area (Å²) in [4.78, 5) is 11.2. The molecule has 0 spiro atoms. The highest BCUT2D eigenvalue weighted by atomic mass is 127. The molecule has 136 valence electrons. The molecule has 1 saturated carbocycles. The van der Waals surface area contributed by atoms with Gasteiger partial charge in [0.2, 0.25) is 5.89 Å². The van der Waals surface area contributed by atoms with Crippen LogP contribution in [0, 0.1) is 6.92 Å². The second kappa shape index (κ2) is 9.55. The molecule has 0 bridgehead atoms. The maximum Gasteiger partial charge on any atom is 0.228 e. The summed E-state index contributed by atoms with van der Waals surface area (Å²) >= 11 is 0. The van der Waals surface area contributed by atoms with Crippen LogP contribution in [-0.2, 0) is 6.42 Å². The zero-order valence-corrected chi connectivity index (χ0v) is 17.0. The van der Waals surface area contributed by atoms with Crippen molar-refractivity contribution < 1.29 is 4.52 Å². The monoisotopic (exact) mass is 448 g/mol. The number of nitrogens with one attached hydrogen (secondary N) is 2. The van der Waals surface area contributed by atoms with Gasteiger partial charge in [0.05, 0.1) is 0 Å². The Balaban J connectivity index is 0.00000208. The van der Waals surface area contributed by atoms with E-state index in [1.54, 1.807) is 0 Å². The van der Waals surface area contributed by atoms with Gasteiger partial charge in [-0.15, -0.1) is 24.0 Å². The number of nitrogens with zero attached hydrogens (tertiary/aromatic N) is 4. The molecule has 2 aliphatic rings. The molecule has 1 aliphatic carbocycles. The third-order valence-corrected chi connectivity index (χ3v) is 4.83. The van der Waals surface area contributed by atoms with E-state index in [-0.39, 0.29) is 24.0 Å². The van der Waals surface area contributed by atoms with Gasteiger partial charge in [-0.3, -0.25) is 9.89 Å². The van der Waals surface area contributed by atoms with Crippen LogP contribution in [0.5, 0.6) is 0 Å². The molecule has 1 aromatic rings. The summed E-state index contributed by atoms with van der Waals surface area (Å²) in [6, 6.07) is 1.31. The first-order valence-corrected chi connectivity index (χ1v) is 8.75. The van der Waals surface area contributed by atoms with Crippen LogP contribution < -0.4 is 10.6 Å². The summed E-state index contributed by atoms with van der Waals surface area (Å²) in [5.74, 6) is 2.21. The number of guanidine groups is 1. The first-order chi connectivity index (χ1) is 11.2. The normalized spacial score (nSPS) is 22.6. The third kappa shape index (κ3) is 5.30. The van der Waals surface area contributed by atoms with Crippen LogP contribution in [-0.4, -0.2) is 59.8 Å². The lowest BCUT2D eigenvalue weighted by Crippen LogP contribution is -2.45. The van der Waals surface area contributed by atoms with Gasteiger partial charge in [0.1, 0.15) is 0 Å². The summed E-state index contributed by atoms with van der Waals surface area (Å²) in [7, 11) is 1.82. The van der Waals surface area contributed by atoms with E-state index < -0.39 is 0 Å². The zero-order valence-electron chi connectivity index (χ0n) is 14.6. The maximum atomic E-state index is 5.12. The molecule has 3 rings (SSSR count). The summed E-state index contributed by atoms with van der Waals surface area (Å²) in [5, 5.41) is 10.7. The Labute approximate surface area is 161 Å². The van der Waals surface area contributed by atoms with Gasteiger partial charge in [0, 0.05) is 45.2 Å². The SMILES string of the molecule is CN=C(NCCc1nc(C)no1)NC1CCN(C2CCCC2)C1.I. The highest BCUT2D eigenvalue weighted by molar-refractivity contribution is 14.0. The molecule has 0 aromatic carbocycles. The van der Waals surface area contributed by atoms with E-state index in [1.807, 2.05) is 14.0 Å². The predicted octanol–water partition coefficient (Wildman–Crippen LogP) is 1.72. The molecule has 24 heavy (non-hydrogen) atoms. The summed E-state index contributed by atoms with van der Waals surface area (Å²) in [5.41, 5.74) is 0. The van der Waals surface area contributed by atoms with E-state index in [0.29, 0.717) is 24.2 Å². The van der Waals surface area contributed by atoms with E-state index in [2.05, 4.69) is 30.7 Å². The van der Waals surface area contributed by atoms with E-state index in [1.165, 1.54) is 38.6 Å². The number of hydrogen-bond acceptors (Lipinski definition) is 5. The molecule has 0 radical (unpaired) electrons. The molecule has 0 amide bonds. The number of hydrogen-bond donors (Lipinski definition) is 2. The lowest BCUT2D eigenvalue weighted by atomic mass is 10.2. The van der Waals surface area contributed by atoms with E-state index >= 15 is 0 Å². The van der Waals surface area contributed by atoms with Gasteiger partial charge in [-0.25, -0.2) is 0 Å². The van der Waals surface area contributed by atoms with Crippen molar-refractivity contribution in [2.45, 2.75) is 57.5 Å². The van der Waals surface area contributed by atoms with E-state index in [0.717, 1.165) is 25.1 Å². The van der Waals surface area contributed by atoms with Crippen molar-refractivity contribution >= 4 is 29.9 Å². The average Bonchev–Trinajstić information content (AvgIpc) is 3.27. The molecule has 1 aromatic heterocycles. The molecule has 7 nitrogen and oxygen atoms in total. The first-order valence-electron chi connectivity index (χ1n) is 8.75. The highest BCUT2D eigenvalue weighted by Gasteiger charge is 2.30. The number of halogens is 1. The van der Waals surface area contributed by atoms with Gasteiger partial charge in [0.25, 0.3) is 0 Å². The minimum Gasteiger partial charge on any atom is -0.356 e. The lowest BCUT2D eigenvalue weighted by molar-refractivity contribution is 0.242. The fourth-order valence-electron chi connectivity index (χ4n) is 3.62. The number of aliphatic imine (C=N–C) groups is 1. The predicted molar refractivity (Wildman–Crippen MR) is 105 cm³/mol. The molecular weight excluding hydrogens is 419 g/mol. The standard InChI is InChI=1S/C16H28N6O.HI/c1-12-19-15(23-21-12)7-9-18-16(17-2)20-13-8-10-22(11-13)14-5-3-4-6-14;/h13-14H,3-11H2,1-2H3,(H2,17,18,20);1H. The van der Waals surface area contributed by atoms with Crippen molar-refractivity contribution in [3.63, 3.8) is 0 Å². The second-order valence-electron chi connectivity index (χ2n) is 6.55. The first kappa shape index (κ1) is 19.4. The topological polar surface area (TPSA) is 78.6 Å². The lowest BCUT2D eigenvalue weighted by Gasteiger charge is -2.24. The molecule has 1 unspecified atom stereocenters. The van der Waals surface area contributed by atoms with Crippen molar-refractivity contribution in [2.75, 3.05) is 26.7 Å². The molecule has 1 saturated heterocycles. The summed E-state index contributed by atoms with van der Waals surface area (Å²) < 4.78 is 5.12. The van der Waals surface area contributed by atoms with Crippen LogP contribution in [0.25, 0.3) is 0 Å². The minimum absolute atomic E-state index is 0. The van der Waals surface area contributed by atoms with E-state index in [4.69, 9.17) is 4.52 Å². The molecule has 8 heteroatoms. The van der Waals surface area contributed by atoms with Crippen LogP contribution >= 0.6 is 24.0 Å². The Morgan fingerprint density at radius 3 is 2.79 bits per heavy atom. The van der Waals surface area contributed by atoms with Gasteiger partial charge >= 0.3 is 0 Å². The molecular formula is C16H29IN6O. The number of aromatic nitrogens is 2. The van der Waals surface area contributed by atoms with Crippen LogP contribution in [0.2, 0.25) is 0 Å². The Hall–Kier alpha value is -0.900. The fourth-order valence-corrected chi connectivity index (χ4v) is 3.62. The van der Waals surface area contributed by atoms with Gasteiger partial charge in [0.15, 0.2) is 11.8 Å². The van der Waals surface area contributed by atoms with Crippen molar-refractivity contribution in [3.8, 4) is 0 Å². The quantitative estimate of drug-likeness (QED) is 0.406. The fraction of sp³-hybridized carbons (Fsp3) is 0.812. The highest BCUT2D eigenvalue weighted by Crippen LogP contribution is 2.26. The molecule has 2 fully saturated rings. The molecule has 1 atom stereocenters. The summed E-state index contributed by atoms with van der Waals surface area (Å²) in [6.07, 6.45) is 7.46. The van der Waals surface area contributed by atoms with Crippen molar-refractivity contribution in [1.82, 2.24) is 25.7 Å². The van der Waals surface area contributed by atoms with Crippen LogP contribution in [0.1, 0.15) is 43.8 Å². The average molecular weight is 448 g/mol. The summed E-state index contributed by atoms with van der Waals surface area (Å²) in [6.45, 7) is 4.91. The maximum absolute atomic E-state index is 5.12. The third-order valence-electron chi connectivity index (χ3n) is 4.83. The van der Waals surface area contributed by atoms with Gasteiger partial charge in [-0.1, -0.05) is 18.0 Å². The molecule has 2 heterocycles. The van der Waals surface area contributed by atoms with Crippen LogP contribution in [0.3, 0.4) is 0 Å². The molecule has 1 aliphatic heterocycles. The largest absolute Gasteiger partial charge is 0.356 e. The Morgan fingerprint density at radius 1 is 1.33 bits per heavy atom. The van der Waals surface area contributed by atoms with Crippen molar-refractivity contribution in [1.29, 1.82) is 0 Å². The number of likely N-dealkylation sites (tertiary alicyclic amines) is 1. The second-order valence-corrected chi connectivity index (χ2v) is 6.55. The Morgan fingerprint density at radius 2 is 2.12 bits per heavy atom. The number of aryl methyl sites for hydroxylation is 1. The minimum atomic E-state index is 0. The Kier molecular flexibility index (Phi) is 7.73. The molecule has 2 N–H and O–H groups in total. The van der Waals surface area contributed by atoms with Gasteiger partial charge in [-0.2, -0.15) is 4.98 Å². The Bertz CT molecular complexity index is 528. The van der Waals surface area contributed by atoms with Gasteiger partial charge in [-0.05, 0) is 26.2 Å². The van der Waals surface area contributed by atoms with Crippen molar-refractivity contribution in [3.05, 3.63) is 11.7 Å². The van der Waals surface area contributed by atoms with Crippen LogP contribution in [0.4, 0.5) is 0 Å². The van der Waals surface area contributed by atoms with Crippen molar-refractivity contribution in [2.24, 2.45) is 4.99 Å². The number of rotatable bonds is 5.